The van der Waals surface area contributed by atoms with Crippen LogP contribution in [-0.4, -0.2) is 41.9 Å². The Kier molecular flexibility index (Phi) is 4.01. The molecule has 1 fully saturated rings. The number of nitrogens with zero attached hydrogens (tertiary/aromatic N) is 2. The van der Waals surface area contributed by atoms with Gasteiger partial charge >= 0.3 is 0 Å². The van der Waals surface area contributed by atoms with E-state index in [0.717, 1.165) is 11.3 Å². The number of ether oxygens (including phenoxy) is 1. The van der Waals surface area contributed by atoms with Gasteiger partial charge in [0, 0.05) is 30.4 Å². The van der Waals surface area contributed by atoms with E-state index in [9.17, 15) is 15.2 Å². The summed E-state index contributed by atoms with van der Waals surface area (Å²) < 4.78 is 5.49. The van der Waals surface area contributed by atoms with Crippen molar-refractivity contribution >= 4 is 11.4 Å². The minimum Gasteiger partial charge on any atom is -0.394 e. The number of hydrogen-bond donors (Lipinski definition) is 1. The van der Waals surface area contributed by atoms with Gasteiger partial charge < -0.3 is 14.7 Å². The van der Waals surface area contributed by atoms with Crippen molar-refractivity contribution in [3.63, 3.8) is 0 Å². The Morgan fingerprint density at radius 3 is 2.89 bits per heavy atom. The predicted molar refractivity (Wildman–Crippen MR) is 71.5 cm³/mol. The summed E-state index contributed by atoms with van der Waals surface area (Å²) in [6.07, 6.45) is -0.203. The first-order chi connectivity index (χ1) is 9.02. The molecule has 1 aliphatic heterocycles. The molecule has 104 valence electrons. The van der Waals surface area contributed by atoms with Crippen LogP contribution < -0.4 is 4.90 Å². The lowest BCUT2D eigenvalue weighted by atomic mass is 10.1. The van der Waals surface area contributed by atoms with Crippen molar-refractivity contribution in [3.05, 3.63) is 33.9 Å². The van der Waals surface area contributed by atoms with Gasteiger partial charge in [-0.05, 0) is 25.5 Å². The lowest BCUT2D eigenvalue weighted by Crippen LogP contribution is -2.49. The maximum Gasteiger partial charge on any atom is 0.269 e. The zero-order valence-electron chi connectivity index (χ0n) is 11.1. The molecule has 1 saturated heterocycles. The van der Waals surface area contributed by atoms with Gasteiger partial charge in [0.15, 0.2) is 0 Å². The van der Waals surface area contributed by atoms with Gasteiger partial charge in [-0.15, -0.1) is 0 Å². The summed E-state index contributed by atoms with van der Waals surface area (Å²) >= 11 is 0. The summed E-state index contributed by atoms with van der Waals surface area (Å²) in [7, 11) is 0. The lowest BCUT2D eigenvalue weighted by molar-refractivity contribution is -0.384. The Balaban J connectivity index is 2.27. The molecular formula is C13H18N2O4. The van der Waals surface area contributed by atoms with Crippen LogP contribution in [0.15, 0.2) is 18.2 Å². The van der Waals surface area contributed by atoms with Gasteiger partial charge in [-0.2, -0.15) is 0 Å². The largest absolute Gasteiger partial charge is 0.394 e. The summed E-state index contributed by atoms with van der Waals surface area (Å²) in [6.45, 7) is 5.01. The molecule has 0 bridgehead atoms. The molecule has 1 aromatic rings. The van der Waals surface area contributed by atoms with Crippen molar-refractivity contribution in [2.24, 2.45) is 0 Å². The van der Waals surface area contributed by atoms with Crippen LogP contribution in [0.25, 0.3) is 0 Å². The van der Waals surface area contributed by atoms with Gasteiger partial charge in [0.2, 0.25) is 0 Å². The molecule has 0 saturated carbocycles. The molecule has 2 atom stereocenters. The quantitative estimate of drug-likeness (QED) is 0.662. The molecule has 6 heteroatoms. The third kappa shape index (κ3) is 2.85. The molecule has 2 rings (SSSR count). The summed E-state index contributed by atoms with van der Waals surface area (Å²) in [5.41, 5.74) is 1.92. The maximum atomic E-state index is 10.7. The molecule has 2 unspecified atom stereocenters. The second-order valence-corrected chi connectivity index (χ2v) is 4.87. The Bertz CT molecular complexity index is 478. The van der Waals surface area contributed by atoms with Crippen molar-refractivity contribution in [2.75, 3.05) is 24.7 Å². The van der Waals surface area contributed by atoms with Crippen molar-refractivity contribution in [3.8, 4) is 0 Å². The molecule has 6 nitrogen and oxygen atoms in total. The fraction of sp³-hybridized carbons (Fsp3) is 0.538. The monoisotopic (exact) mass is 266 g/mol. The first-order valence-corrected chi connectivity index (χ1v) is 6.27. The molecule has 0 aliphatic carbocycles. The van der Waals surface area contributed by atoms with Gasteiger partial charge in [0.25, 0.3) is 5.69 Å². The number of benzene rings is 1. The Morgan fingerprint density at radius 2 is 2.32 bits per heavy atom. The van der Waals surface area contributed by atoms with Crippen molar-refractivity contribution in [2.45, 2.75) is 26.0 Å². The molecule has 19 heavy (non-hydrogen) atoms. The fourth-order valence-electron chi connectivity index (χ4n) is 2.34. The summed E-state index contributed by atoms with van der Waals surface area (Å²) in [5.74, 6) is 0. The van der Waals surface area contributed by atoms with E-state index in [-0.39, 0.29) is 24.4 Å². The zero-order chi connectivity index (χ0) is 14.0. The van der Waals surface area contributed by atoms with Crippen LogP contribution in [0.1, 0.15) is 12.5 Å². The minimum absolute atomic E-state index is 0.0186. The highest BCUT2D eigenvalue weighted by molar-refractivity contribution is 5.58. The molecule has 0 amide bonds. The van der Waals surface area contributed by atoms with E-state index in [4.69, 9.17) is 4.74 Å². The van der Waals surface area contributed by atoms with Crippen molar-refractivity contribution in [1.82, 2.24) is 0 Å². The molecule has 1 N–H and O–H groups in total. The first-order valence-electron chi connectivity index (χ1n) is 6.27. The number of morpholine rings is 1. The Labute approximate surface area is 111 Å². The van der Waals surface area contributed by atoms with Gasteiger partial charge in [-0.3, -0.25) is 10.1 Å². The number of aliphatic hydroxyl groups excluding tert-OH is 1. The third-order valence-electron chi connectivity index (χ3n) is 3.41. The van der Waals surface area contributed by atoms with E-state index in [0.29, 0.717) is 13.2 Å². The molecule has 0 spiro atoms. The molecule has 0 radical (unpaired) electrons. The van der Waals surface area contributed by atoms with Crippen LogP contribution in [0.5, 0.6) is 0 Å². The van der Waals surface area contributed by atoms with Crippen molar-refractivity contribution in [1.29, 1.82) is 0 Å². The van der Waals surface area contributed by atoms with Crippen LogP contribution in [0.4, 0.5) is 11.4 Å². The summed E-state index contributed by atoms with van der Waals surface area (Å²) in [6, 6.07) is 5.04. The average Bonchev–Trinajstić information content (AvgIpc) is 2.39. The van der Waals surface area contributed by atoms with Crippen LogP contribution >= 0.6 is 0 Å². The van der Waals surface area contributed by atoms with Crippen molar-refractivity contribution < 1.29 is 14.8 Å². The predicted octanol–water partition coefficient (Wildman–Crippen LogP) is 1.49. The number of rotatable bonds is 3. The number of nitro benzene ring substituents is 1. The highest BCUT2D eigenvalue weighted by Gasteiger charge is 2.27. The molecule has 1 aliphatic rings. The van der Waals surface area contributed by atoms with E-state index < -0.39 is 4.92 Å². The normalized spacial score (nSPS) is 23.4. The third-order valence-corrected chi connectivity index (χ3v) is 3.41. The van der Waals surface area contributed by atoms with E-state index in [1.165, 1.54) is 6.07 Å². The second kappa shape index (κ2) is 5.54. The number of hydrogen-bond acceptors (Lipinski definition) is 5. The van der Waals surface area contributed by atoms with Gasteiger partial charge in [0.05, 0.1) is 24.2 Å². The number of non-ortho nitro benzene ring substituents is 1. The summed E-state index contributed by atoms with van der Waals surface area (Å²) in [5, 5.41) is 19.9. The van der Waals surface area contributed by atoms with Crippen LogP contribution in [0.3, 0.4) is 0 Å². The number of aliphatic hydroxyl groups is 1. The Hall–Kier alpha value is -1.66. The minimum atomic E-state index is -0.393. The SMILES string of the molecule is Cc1cc([N+](=O)[O-])ccc1N1CC(CO)OCC1C. The van der Waals surface area contributed by atoms with E-state index >= 15 is 0 Å². The molecule has 0 aromatic heterocycles. The molecule has 1 heterocycles. The second-order valence-electron chi connectivity index (χ2n) is 4.87. The average molecular weight is 266 g/mol. The highest BCUT2D eigenvalue weighted by atomic mass is 16.6. The van der Waals surface area contributed by atoms with Crippen LogP contribution in [0.2, 0.25) is 0 Å². The number of nitro groups is 1. The van der Waals surface area contributed by atoms with Gasteiger partial charge in [0.1, 0.15) is 0 Å². The lowest BCUT2D eigenvalue weighted by Gasteiger charge is -2.39. The van der Waals surface area contributed by atoms with Crippen LogP contribution in [-0.2, 0) is 4.74 Å². The van der Waals surface area contributed by atoms with E-state index in [2.05, 4.69) is 4.90 Å². The van der Waals surface area contributed by atoms with Gasteiger partial charge in [-0.25, -0.2) is 0 Å². The standard InChI is InChI=1S/C13H18N2O4/c1-9-5-11(15(17)18)3-4-13(9)14-6-12(7-16)19-8-10(14)2/h3-5,10,12,16H,6-8H2,1-2H3. The fourth-order valence-corrected chi connectivity index (χ4v) is 2.34. The highest BCUT2D eigenvalue weighted by Crippen LogP contribution is 2.28. The molecule has 1 aromatic carbocycles. The van der Waals surface area contributed by atoms with Gasteiger partial charge in [-0.1, -0.05) is 0 Å². The summed E-state index contributed by atoms with van der Waals surface area (Å²) in [4.78, 5) is 12.5. The number of aryl methyl sites for hydroxylation is 1. The van der Waals surface area contributed by atoms with Crippen LogP contribution in [0, 0.1) is 17.0 Å². The van der Waals surface area contributed by atoms with E-state index in [1.54, 1.807) is 12.1 Å². The maximum absolute atomic E-state index is 10.7. The topological polar surface area (TPSA) is 75.8 Å². The smallest absolute Gasteiger partial charge is 0.269 e. The first kappa shape index (κ1) is 13.8. The molecular weight excluding hydrogens is 248 g/mol. The zero-order valence-corrected chi connectivity index (χ0v) is 11.1. The van der Waals surface area contributed by atoms with E-state index in [1.807, 2.05) is 13.8 Å². The Morgan fingerprint density at radius 1 is 1.58 bits per heavy atom. The number of anilines is 1.